The third-order valence-electron chi connectivity index (χ3n) is 1.80. The molecular weight excluding hydrogens is 190 g/mol. The van der Waals surface area contributed by atoms with Gasteiger partial charge in [0.25, 0.3) is 0 Å². The van der Waals surface area contributed by atoms with Gasteiger partial charge in [0.1, 0.15) is 0 Å². The minimum absolute atomic E-state index is 0.382. The maximum atomic E-state index is 12.5. The highest BCUT2D eigenvalue weighted by Crippen LogP contribution is 2.40. The van der Waals surface area contributed by atoms with Crippen LogP contribution in [0.25, 0.3) is 0 Å². The minimum Gasteiger partial charge on any atom is -0.327 e. The number of nitrogens with zero attached hydrogens (tertiary/aromatic N) is 1. The molecule has 2 nitrogen and oxygen atoms in total. The van der Waals surface area contributed by atoms with Crippen molar-refractivity contribution in [2.24, 2.45) is 0 Å². The van der Waals surface area contributed by atoms with Crippen LogP contribution in [0.5, 0.6) is 0 Å². The van der Waals surface area contributed by atoms with Crippen LogP contribution in [0, 0.1) is 0 Å². The average molecular weight is 197 g/mol. The van der Waals surface area contributed by atoms with E-state index in [4.69, 9.17) is 0 Å². The Morgan fingerprint density at radius 1 is 1.23 bits per heavy atom. The molecule has 0 unspecified atom stereocenters. The molecule has 0 saturated carbocycles. The standard InChI is InChI=1S/C7H7F4NO/c1-2-5(13)12-3-6(8,9)7(10,11)4-12/h2H,1,3-4H2. The Morgan fingerprint density at radius 2 is 1.62 bits per heavy atom. The van der Waals surface area contributed by atoms with E-state index in [1.54, 1.807) is 0 Å². The zero-order chi connectivity index (χ0) is 10.3. The van der Waals surface area contributed by atoms with E-state index < -0.39 is 30.8 Å². The normalized spacial score (nSPS) is 24.5. The fourth-order valence-electron chi connectivity index (χ4n) is 1.05. The molecule has 1 aliphatic rings. The molecule has 0 N–H and O–H groups in total. The Kier molecular flexibility index (Phi) is 2.09. The van der Waals surface area contributed by atoms with Crippen LogP contribution < -0.4 is 0 Å². The summed E-state index contributed by atoms with van der Waals surface area (Å²) in [6.45, 7) is 0.529. The van der Waals surface area contributed by atoms with Crippen LogP contribution in [0.3, 0.4) is 0 Å². The number of alkyl halides is 4. The van der Waals surface area contributed by atoms with Gasteiger partial charge in [-0.25, -0.2) is 0 Å². The SMILES string of the molecule is C=CC(=O)N1CC(F)(F)C(F)(F)C1. The van der Waals surface area contributed by atoms with Crippen molar-refractivity contribution in [3.63, 3.8) is 0 Å². The lowest BCUT2D eigenvalue weighted by atomic mass is 10.2. The number of halogens is 4. The molecule has 1 rings (SSSR count). The second kappa shape index (κ2) is 2.71. The average Bonchev–Trinajstić information content (AvgIpc) is 2.20. The molecule has 0 aromatic rings. The van der Waals surface area contributed by atoms with Gasteiger partial charge in [0, 0.05) is 0 Å². The molecule has 0 spiro atoms. The molecule has 0 bridgehead atoms. The van der Waals surface area contributed by atoms with Crippen molar-refractivity contribution in [3.8, 4) is 0 Å². The summed E-state index contributed by atoms with van der Waals surface area (Å²) < 4.78 is 50.0. The van der Waals surface area contributed by atoms with Crippen molar-refractivity contribution in [3.05, 3.63) is 12.7 Å². The lowest BCUT2D eigenvalue weighted by Crippen LogP contribution is -2.38. The summed E-state index contributed by atoms with van der Waals surface area (Å²) in [6, 6.07) is 0. The molecule has 0 aliphatic carbocycles. The van der Waals surface area contributed by atoms with E-state index in [-0.39, 0.29) is 0 Å². The topological polar surface area (TPSA) is 20.3 Å². The number of hydrogen-bond acceptors (Lipinski definition) is 1. The van der Waals surface area contributed by atoms with Gasteiger partial charge in [-0.15, -0.1) is 0 Å². The number of carbonyl (C=O) groups is 1. The van der Waals surface area contributed by atoms with Gasteiger partial charge < -0.3 is 4.90 Å². The fourth-order valence-corrected chi connectivity index (χ4v) is 1.05. The lowest BCUT2D eigenvalue weighted by molar-refractivity contribution is -0.172. The number of likely N-dealkylation sites (tertiary alicyclic amines) is 1. The van der Waals surface area contributed by atoms with E-state index in [0.29, 0.717) is 4.90 Å². The largest absolute Gasteiger partial charge is 0.329 e. The highest BCUT2D eigenvalue weighted by Gasteiger charge is 2.63. The second-order valence-electron chi connectivity index (χ2n) is 2.81. The molecule has 0 aromatic heterocycles. The Hall–Kier alpha value is -1.07. The second-order valence-corrected chi connectivity index (χ2v) is 2.81. The Balaban J connectivity index is 2.82. The van der Waals surface area contributed by atoms with Gasteiger partial charge in [0.2, 0.25) is 5.91 Å². The van der Waals surface area contributed by atoms with Gasteiger partial charge >= 0.3 is 11.8 Å². The zero-order valence-electron chi connectivity index (χ0n) is 6.57. The van der Waals surface area contributed by atoms with E-state index in [2.05, 4.69) is 6.58 Å². The highest BCUT2D eigenvalue weighted by atomic mass is 19.3. The van der Waals surface area contributed by atoms with Gasteiger partial charge in [-0.3, -0.25) is 4.79 Å². The predicted octanol–water partition coefficient (Wildman–Crippen LogP) is 1.29. The maximum absolute atomic E-state index is 12.5. The number of amides is 1. The van der Waals surface area contributed by atoms with Crippen LogP contribution in [0.15, 0.2) is 12.7 Å². The lowest BCUT2D eigenvalue weighted by Gasteiger charge is -2.14. The molecule has 1 saturated heterocycles. The van der Waals surface area contributed by atoms with E-state index in [1.165, 1.54) is 0 Å². The van der Waals surface area contributed by atoms with Gasteiger partial charge in [-0.2, -0.15) is 17.6 Å². The predicted molar refractivity (Wildman–Crippen MR) is 36.7 cm³/mol. The molecule has 1 amide bonds. The summed E-state index contributed by atoms with van der Waals surface area (Å²) in [5.41, 5.74) is 0. The van der Waals surface area contributed by atoms with Crippen LogP contribution in [0.4, 0.5) is 17.6 Å². The molecule has 74 valence electrons. The van der Waals surface area contributed by atoms with Crippen molar-refractivity contribution >= 4 is 5.91 Å². The number of carbonyl (C=O) groups excluding carboxylic acids is 1. The summed E-state index contributed by atoms with van der Waals surface area (Å²) in [5, 5.41) is 0. The Labute approximate surface area is 71.8 Å². The van der Waals surface area contributed by atoms with Crippen LogP contribution >= 0.6 is 0 Å². The first-order valence-electron chi connectivity index (χ1n) is 3.47. The van der Waals surface area contributed by atoms with Gasteiger partial charge in [0.15, 0.2) is 0 Å². The molecule has 1 heterocycles. The van der Waals surface area contributed by atoms with Crippen molar-refractivity contribution in [1.82, 2.24) is 4.90 Å². The highest BCUT2D eigenvalue weighted by molar-refractivity contribution is 5.87. The molecule has 6 heteroatoms. The van der Waals surface area contributed by atoms with Crippen LogP contribution in [0.2, 0.25) is 0 Å². The summed E-state index contributed by atoms with van der Waals surface area (Å²) in [7, 11) is 0. The molecule has 0 aromatic carbocycles. The van der Waals surface area contributed by atoms with Crippen molar-refractivity contribution in [2.45, 2.75) is 11.8 Å². The molecular formula is C7H7F4NO. The first-order chi connectivity index (χ1) is 5.80. The molecule has 1 fully saturated rings. The quantitative estimate of drug-likeness (QED) is 0.458. The van der Waals surface area contributed by atoms with Gasteiger partial charge in [-0.1, -0.05) is 6.58 Å². The van der Waals surface area contributed by atoms with Crippen LogP contribution in [-0.2, 0) is 4.79 Å². The number of hydrogen-bond donors (Lipinski definition) is 0. The fraction of sp³-hybridized carbons (Fsp3) is 0.571. The summed E-state index contributed by atoms with van der Waals surface area (Å²) in [6.07, 6.45) is 0.734. The maximum Gasteiger partial charge on any atom is 0.329 e. The molecule has 13 heavy (non-hydrogen) atoms. The Bertz CT molecular complexity index is 235. The van der Waals surface area contributed by atoms with Crippen LogP contribution in [0.1, 0.15) is 0 Å². The van der Waals surface area contributed by atoms with E-state index >= 15 is 0 Å². The molecule has 0 atom stereocenters. The van der Waals surface area contributed by atoms with Gasteiger partial charge in [-0.05, 0) is 6.08 Å². The van der Waals surface area contributed by atoms with Crippen molar-refractivity contribution in [2.75, 3.05) is 13.1 Å². The van der Waals surface area contributed by atoms with Gasteiger partial charge in [0.05, 0.1) is 13.1 Å². The van der Waals surface area contributed by atoms with Crippen LogP contribution in [-0.4, -0.2) is 35.7 Å². The zero-order valence-corrected chi connectivity index (χ0v) is 6.57. The van der Waals surface area contributed by atoms with Crippen molar-refractivity contribution < 1.29 is 22.4 Å². The van der Waals surface area contributed by atoms with Crippen molar-refractivity contribution in [1.29, 1.82) is 0 Å². The number of rotatable bonds is 1. The first kappa shape index (κ1) is 10.0. The smallest absolute Gasteiger partial charge is 0.327 e. The summed E-state index contributed by atoms with van der Waals surface area (Å²) in [5.74, 6) is -9.17. The Morgan fingerprint density at radius 3 is 1.92 bits per heavy atom. The third-order valence-corrected chi connectivity index (χ3v) is 1.80. The molecule has 1 aliphatic heterocycles. The third kappa shape index (κ3) is 1.52. The van der Waals surface area contributed by atoms with E-state index in [0.717, 1.165) is 6.08 Å². The first-order valence-corrected chi connectivity index (χ1v) is 3.47. The monoisotopic (exact) mass is 197 g/mol. The molecule has 0 radical (unpaired) electrons. The van der Waals surface area contributed by atoms with E-state index in [1.807, 2.05) is 0 Å². The van der Waals surface area contributed by atoms with E-state index in [9.17, 15) is 22.4 Å². The minimum atomic E-state index is -4.13. The summed E-state index contributed by atoms with van der Waals surface area (Å²) >= 11 is 0. The summed E-state index contributed by atoms with van der Waals surface area (Å²) in [4.78, 5) is 11.1.